The van der Waals surface area contributed by atoms with E-state index in [0.717, 1.165) is 6.54 Å². The summed E-state index contributed by atoms with van der Waals surface area (Å²) in [6, 6.07) is 9.63. The highest BCUT2D eigenvalue weighted by Gasteiger charge is 2.30. The number of hydrogen-bond acceptors (Lipinski definition) is 2. The van der Waals surface area contributed by atoms with Crippen LogP contribution in [0, 0.1) is 6.42 Å². The minimum Gasteiger partial charge on any atom is -0.480 e. The van der Waals surface area contributed by atoms with Crippen molar-refractivity contribution in [3.05, 3.63) is 42.3 Å². The lowest BCUT2D eigenvalue weighted by Crippen LogP contribution is -2.35. The van der Waals surface area contributed by atoms with Gasteiger partial charge in [-0.3, -0.25) is 9.69 Å². The Bertz CT molecular complexity index is 337. The van der Waals surface area contributed by atoms with Gasteiger partial charge in [0.15, 0.2) is 0 Å². The van der Waals surface area contributed by atoms with Crippen molar-refractivity contribution in [2.24, 2.45) is 0 Å². The second kappa shape index (κ2) is 4.45. The van der Waals surface area contributed by atoms with Gasteiger partial charge in [0, 0.05) is 13.1 Å². The number of rotatable bonds is 3. The Hall–Kier alpha value is -1.35. The highest BCUT2D eigenvalue weighted by molar-refractivity contribution is 5.74. The third-order valence-electron chi connectivity index (χ3n) is 2.71. The number of carboxylic acid groups (broad SMARTS) is 1. The molecule has 1 aliphatic rings. The van der Waals surface area contributed by atoms with Crippen LogP contribution in [0.1, 0.15) is 12.0 Å². The zero-order valence-corrected chi connectivity index (χ0v) is 8.47. The molecule has 3 heteroatoms. The molecule has 0 saturated carbocycles. The van der Waals surface area contributed by atoms with Gasteiger partial charge >= 0.3 is 5.97 Å². The lowest BCUT2D eigenvalue weighted by Gasteiger charge is -2.20. The van der Waals surface area contributed by atoms with Crippen molar-refractivity contribution in [1.29, 1.82) is 0 Å². The summed E-state index contributed by atoms with van der Waals surface area (Å²) in [7, 11) is 0. The molecule has 3 nitrogen and oxygen atoms in total. The highest BCUT2D eigenvalue weighted by atomic mass is 16.4. The van der Waals surface area contributed by atoms with Crippen LogP contribution in [0.3, 0.4) is 0 Å². The van der Waals surface area contributed by atoms with Gasteiger partial charge in [-0.1, -0.05) is 30.3 Å². The second-order valence-electron chi connectivity index (χ2n) is 3.79. The Morgan fingerprint density at radius 1 is 1.40 bits per heavy atom. The topological polar surface area (TPSA) is 40.5 Å². The molecule has 2 rings (SSSR count). The summed E-state index contributed by atoms with van der Waals surface area (Å²) in [4.78, 5) is 12.9. The molecule has 0 bridgehead atoms. The van der Waals surface area contributed by atoms with E-state index >= 15 is 0 Å². The van der Waals surface area contributed by atoms with Crippen molar-refractivity contribution in [3.8, 4) is 0 Å². The third kappa shape index (κ3) is 2.36. The third-order valence-corrected chi connectivity index (χ3v) is 2.71. The summed E-state index contributed by atoms with van der Waals surface area (Å²) in [6.45, 7) is 1.49. The fraction of sp³-hybridized carbons (Fsp3) is 0.333. The first-order valence-electron chi connectivity index (χ1n) is 5.10. The van der Waals surface area contributed by atoms with E-state index < -0.39 is 5.97 Å². The predicted octanol–water partition coefficient (Wildman–Crippen LogP) is 1.55. The maximum atomic E-state index is 10.9. The second-order valence-corrected chi connectivity index (χ2v) is 3.79. The number of aliphatic carboxylic acids is 1. The van der Waals surface area contributed by atoms with Gasteiger partial charge in [-0.15, -0.1) is 0 Å². The molecular weight excluding hydrogens is 190 g/mol. The molecule has 15 heavy (non-hydrogen) atoms. The quantitative estimate of drug-likeness (QED) is 0.812. The van der Waals surface area contributed by atoms with E-state index in [4.69, 9.17) is 5.11 Å². The van der Waals surface area contributed by atoms with Crippen molar-refractivity contribution < 1.29 is 9.90 Å². The molecular formula is C12H14NO2. The van der Waals surface area contributed by atoms with Gasteiger partial charge in [0.05, 0.1) is 0 Å². The van der Waals surface area contributed by atoms with E-state index in [1.165, 1.54) is 5.56 Å². The van der Waals surface area contributed by atoms with Gasteiger partial charge in [0.25, 0.3) is 0 Å². The largest absolute Gasteiger partial charge is 0.480 e. The summed E-state index contributed by atoms with van der Waals surface area (Å²) < 4.78 is 0. The standard InChI is InChI=1S/C12H14NO2/c14-12(15)11-7-4-8-13(11)9-10-5-2-1-3-6-10/h1-6,11H,7-9H2,(H,14,15). The number of carboxylic acids is 1. The Morgan fingerprint density at radius 3 is 2.80 bits per heavy atom. The first-order chi connectivity index (χ1) is 7.27. The molecule has 1 atom stereocenters. The molecule has 1 unspecified atom stereocenters. The van der Waals surface area contributed by atoms with Crippen molar-refractivity contribution >= 4 is 5.97 Å². The van der Waals surface area contributed by atoms with Gasteiger partial charge in [-0.2, -0.15) is 0 Å². The van der Waals surface area contributed by atoms with Crippen LogP contribution in [0.15, 0.2) is 30.3 Å². The summed E-state index contributed by atoms with van der Waals surface area (Å²) >= 11 is 0. The Balaban J connectivity index is 2.03. The molecule has 1 heterocycles. The van der Waals surface area contributed by atoms with E-state index in [1.54, 1.807) is 0 Å². The average molecular weight is 204 g/mol. The molecule has 1 aliphatic heterocycles. The lowest BCUT2D eigenvalue weighted by atomic mass is 10.2. The molecule has 0 amide bonds. The van der Waals surface area contributed by atoms with Crippen LogP contribution in [-0.4, -0.2) is 28.6 Å². The van der Waals surface area contributed by atoms with Crippen LogP contribution in [-0.2, 0) is 11.3 Å². The van der Waals surface area contributed by atoms with Gasteiger partial charge in [-0.25, -0.2) is 0 Å². The van der Waals surface area contributed by atoms with Crippen molar-refractivity contribution in [3.63, 3.8) is 0 Å². The summed E-state index contributed by atoms with van der Waals surface area (Å²) in [5.74, 6) is -0.723. The fourth-order valence-electron chi connectivity index (χ4n) is 1.92. The van der Waals surface area contributed by atoms with E-state index in [-0.39, 0.29) is 6.04 Å². The van der Waals surface area contributed by atoms with Crippen molar-refractivity contribution in [2.75, 3.05) is 6.54 Å². The predicted molar refractivity (Wildman–Crippen MR) is 57.2 cm³/mol. The van der Waals surface area contributed by atoms with Crippen LogP contribution < -0.4 is 0 Å². The number of benzene rings is 1. The number of hydrogen-bond donors (Lipinski definition) is 1. The number of carbonyl (C=O) groups is 1. The highest BCUT2D eigenvalue weighted by Crippen LogP contribution is 2.19. The molecule has 1 N–H and O–H groups in total. The monoisotopic (exact) mass is 204 g/mol. The summed E-state index contributed by atoms with van der Waals surface area (Å²) in [6.07, 6.45) is 2.68. The number of likely N-dealkylation sites (tertiary alicyclic amines) is 1. The minimum atomic E-state index is -0.723. The first-order valence-corrected chi connectivity index (χ1v) is 5.10. The van der Waals surface area contributed by atoms with Crippen LogP contribution in [0.5, 0.6) is 0 Å². The van der Waals surface area contributed by atoms with Gasteiger partial charge in [-0.05, 0) is 18.4 Å². The molecule has 1 saturated heterocycles. The smallest absolute Gasteiger partial charge is 0.320 e. The van der Waals surface area contributed by atoms with Gasteiger partial charge < -0.3 is 5.11 Å². The minimum absolute atomic E-state index is 0.342. The lowest BCUT2D eigenvalue weighted by molar-refractivity contribution is -0.142. The van der Waals surface area contributed by atoms with Crippen LogP contribution in [0.25, 0.3) is 0 Å². The zero-order chi connectivity index (χ0) is 10.7. The van der Waals surface area contributed by atoms with Gasteiger partial charge in [0.1, 0.15) is 6.04 Å². The Labute approximate surface area is 89.3 Å². The van der Waals surface area contributed by atoms with E-state index in [0.29, 0.717) is 13.0 Å². The number of nitrogens with zero attached hydrogens (tertiary/aromatic N) is 1. The molecule has 0 spiro atoms. The van der Waals surface area contributed by atoms with E-state index in [9.17, 15) is 4.79 Å². The molecule has 0 aliphatic carbocycles. The Kier molecular flexibility index (Phi) is 3.02. The molecule has 1 radical (unpaired) electrons. The maximum absolute atomic E-state index is 10.9. The molecule has 79 valence electrons. The van der Waals surface area contributed by atoms with Crippen LogP contribution in [0.4, 0.5) is 0 Å². The Morgan fingerprint density at radius 2 is 2.13 bits per heavy atom. The normalized spacial score (nSPS) is 21.7. The molecule has 1 fully saturated rings. The molecule has 1 aromatic rings. The summed E-state index contributed by atoms with van der Waals surface area (Å²) in [5.41, 5.74) is 1.17. The average Bonchev–Trinajstić information content (AvgIpc) is 2.67. The van der Waals surface area contributed by atoms with Crippen LogP contribution >= 0.6 is 0 Å². The van der Waals surface area contributed by atoms with E-state index in [2.05, 4.69) is 0 Å². The first kappa shape index (κ1) is 10.2. The SMILES string of the molecule is O=C(O)C1C[CH]CN1Cc1ccccc1. The zero-order valence-electron chi connectivity index (χ0n) is 8.47. The molecule has 1 aromatic carbocycles. The van der Waals surface area contributed by atoms with Crippen molar-refractivity contribution in [1.82, 2.24) is 4.90 Å². The van der Waals surface area contributed by atoms with Crippen LogP contribution in [0.2, 0.25) is 0 Å². The fourth-order valence-corrected chi connectivity index (χ4v) is 1.92. The van der Waals surface area contributed by atoms with E-state index in [1.807, 2.05) is 41.7 Å². The van der Waals surface area contributed by atoms with Crippen molar-refractivity contribution in [2.45, 2.75) is 19.0 Å². The van der Waals surface area contributed by atoms with Gasteiger partial charge in [0.2, 0.25) is 0 Å². The molecule has 0 aromatic heterocycles. The maximum Gasteiger partial charge on any atom is 0.320 e. The summed E-state index contributed by atoms with van der Waals surface area (Å²) in [5, 5.41) is 9.00.